The molecular formula is C17H11Cl2NO3S. The molecule has 0 heterocycles. The van der Waals surface area contributed by atoms with Crippen LogP contribution in [0.2, 0.25) is 10.0 Å². The molecular weight excluding hydrogens is 369 g/mol. The fourth-order valence-electron chi connectivity index (χ4n) is 3.00. The number of nitriles is 1. The van der Waals surface area contributed by atoms with Gasteiger partial charge in [0.25, 0.3) is 0 Å². The van der Waals surface area contributed by atoms with Crippen LogP contribution in [0.25, 0.3) is 0 Å². The average molecular weight is 380 g/mol. The van der Waals surface area contributed by atoms with E-state index in [1.165, 1.54) is 24.3 Å². The van der Waals surface area contributed by atoms with Gasteiger partial charge in [-0.15, -0.1) is 0 Å². The van der Waals surface area contributed by atoms with Crippen LogP contribution in [0.15, 0.2) is 53.4 Å². The summed E-state index contributed by atoms with van der Waals surface area (Å²) < 4.78 is 25.8. The van der Waals surface area contributed by atoms with E-state index in [9.17, 15) is 18.5 Å². The van der Waals surface area contributed by atoms with Crippen molar-refractivity contribution < 1.29 is 13.2 Å². The first-order valence-corrected chi connectivity index (χ1v) is 9.29. The predicted molar refractivity (Wildman–Crippen MR) is 90.7 cm³/mol. The van der Waals surface area contributed by atoms with Crippen LogP contribution in [-0.2, 0) is 14.6 Å². The number of sulfone groups is 1. The fraction of sp³-hybridized carbons (Fsp3) is 0.176. The first-order valence-electron chi connectivity index (χ1n) is 6.99. The monoisotopic (exact) mass is 379 g/mol. The zero-order valence-electron chi connectivity index (χ0n) is 12.2. The second-order valence-electron chi connectivity index (χ2n) is 5.61. The summed E-state index contributed by atoms with van der Waals surface area (Å²) in [6, 6.07) is 14.1. The summed E-state index contributed by atoms with van der Waals surface area (Å²) in [5.41, 5.74) is -0.998. The van der Waals surface area contributed by atoms with Crippen molar-refractivity contribution in [1.29, 1.82) is 5.26 Å². The molecule has 1 fully saturated rings. The number of aldehydes is 1. The maximum atomic E-state index is 12.9. The van der Waals surface area contributed by atoms with Gasteiger partial charge < -0.3 is 4.79 Å². The van der Waals surface area contributed by atoms with Crippen LogP contribution >= 0.6 is 23.2 Å². The molecule has 0 aliphatic heterocycles. The maximum Gasteiger partial charge on any atom is 0.183 e. The van der Waals surface area contributed by atoms with Gasteiger partial charge in [-0.3, -0.25) is 0 Å². The Morgan fingerprint density at radius 2 is 1.50 bits per heavy atom. The van der Waals surface area contributed by atoms with Crippen molar-refractivity contribution in [2.24, 2.45) is 5.41 Å². The van der Waals surface area contributed by atoms with Crippen molar-refractivity contribution in [3.05, 3.63) is 64.1 Å². The zero-order chi connectivity index (χ0) is 17.5. The van der Waals surface area contributed by atoms with E-state index < -0.39 is 26.4 Å². The Balaban J connectivity index is 2.08. The van der Waals surface area contributed by atoms with E-state index in [-0.39, 0.29) is 4.90 Å². The van der Waals surface area contributed by atoms with Gasteiger partial charge in [0.2, 0.25) is 0 Å². The molecule has 0 amide bonds. The number of rotatable bonds is 4. The minimum Gasteiger partial charge on any atom is -0.302 e. The highest BCUT2D eigenvalue weighted by atomic mass is 35.5. The summed E-state index contributed by atoms with van der Waals surface area (Å²) in [7, 11) is -3.87. The molecule has 4 nitrogen and oxygen atoms in total. The lowest BCUT2D eigenvalue weighted by Crippen LogP contribution is -2.16. The van der Waals surface area contributed by atoms with Crippen molar-refractivity contribution >= 4 is 39.3 Å². The van der Waals surface area contributed by atoms with Gasteiger partial charge in [0.05, 0.1) is 11.0 Å². The molecule has 1 aliphatic rings. The fourth-order valence-corrected chi connectivity index (χ4v) is 5.49. The third-order valence-corrected chi connectivity index (χ3v) is 7.04. The molecule has 0 unspecified atom stereocenters. The highest BCUT2D eigenvalue weighted by molar-refractivity contribution is 7.92. The quantitative estimate of drug-likeness (QED) is 0.759. The van der Waals surface area contributed by atoms with E-state index in [0.29, 0.717) is 21.9 Å². The molecule has 7 heteroatoms. The molecule has 24 heavy (non-hydrogen) atoms. The molecule has 2 aromatic carbocycles. The van der Waals surface area contributed by atoms with Crippen LogP contribution in [0.5, 0.6) is 0 Å². The Labute approximate surface area is 149 Å². The van der Waals surface area contributed by atoms with Crippen LogP contribution in [0.3, 0.4) is 0 Å². The Morgan fingerprint density at radius 3 is 1.96 bits per heavy atom. The second kappa shape index (κ2) is 5.89. The number of hydrogen-bond acceptors (Lipinski definition) is 4. The van der Waals surface area contributed by atoms with Gasteiger partial charge in [-0.1, -0.05) is 35.3 Å². The lowest BCUT2D eigenvalue weighted by atomic mass is 10.0. The number of halogens is 2. The summed E-state index contributed by atoms with van der Waals surface area (Å²) in [4.78, 5) is 11.6. The first-order chi connectivity index (χ1) is 11.4. The third-order valence-electron chi connectivity index (χ3n) is 4.27. The summed E-state index contributed by atoms with van der Waals surface area (Å²) in [5, 5.41) is 9.24. The van der Waals surface area contributed by atoms with Gasteiger partial charge in [-0.2, -0.15) is 5.26 Å². The minimum absolute atomic E-state index is 0.0369. The van der Waals surface area contributed by atoms with Gasteiger partial charge >= 0.3 is 0 Å². The first kappa shape index (κ1) is 17.0. The van der Waals surface area contributed by atoms with Crippen LogP contribution in [0.4, 0.5) is 0 Å². The Hall–Kier alpha value is -1.87. The van der Waals surface area contributed by atoms with Crippen molar-refractivity contribution in [3.63, 3.8) is 0 Å². The molecule has 0 radical (unpaired) electrons. The lowest BCUT2D eigenvalue weighted by molar-refractivity contribution is -0.110. The molecule has 2 aromatic rings. The Bertz CT molecular complexity index is 933. The van der Waals surface area contributed by atoms with E-state index >= 15 is 0 Å². The Morgan fingerprint density at radius 1 is 1.00 bits per heavy atom. The van der Waals surface area contributed by atoms with Gasteiger partial charge in [0, 0.05) is 16.0 Å². The second-order valence-corrected chi connectivity index (χ2v) is 8.55. The van der Waals surface area contributed by atoms with Gasteiger partial charge in [-0.05, 0) is 42.0 Å². The number of nitrogens with zero attached hydrogens (tertiary/aromatic N) is 1. The smallest absolute Gasteiger partial charge is 0.183 e. The standard InChI is InChI=1S/C17H11Cl2NO3S/c18-12-3-1-11(2-4-12)15-16(17(15,9-20)10-21)24(22,23)14-7-5-13(19)6-8-14/h1-8,10,15-16H/t15-,16+,17+/m1/s1. The lowest BCUT2D eigenvalue weighted by Gasteiger charge is -2.04. The van der Waals surface area contributed by atoms with E-state index in [1.807, 2.05) is 6.07 Å². The topological polar surface area (TPSA) is 75.0 Å². The Kier molecular flexibility index (Phi) is 4.16. The molecule has 0 saturated heterocycles. The molecule has 1 aliphatic carbocycles. The maximum absolute atomic E-state index is 12.9. The molecule has 0 bridgehead atoms. The largest absolute Gasteiger partial charge is 0.302 e. The zero-order valence-corrected chi connectivity index (χ0v) is 14.5. The highest BCUT2D eigenvalue weighted by Crippen LogP contribution is 2.62. The predicted octanol–water partition coefficient (Wildman–Crippen LogP) is 3.64. The third kappa shape index (κ3) is 2.51. The van der Waals surface area contributed by atoms with Crippen molar-refractivity contribution in [2.45, 2.75) is 16.1 Å². The highest BCUT2D eigenvalue weighted by Gasteiger charge is 2.72. The van der Waals surface area contributed by atoms with Gasteiger partial charge in [-0.25, -0.2) is 8.42 Å². The van der Waals surface area contributed by atoms with Gasteiger partial charge in [0.15, 0.2) is 9.84 Å². The van der Waals surface area contributed by atoms with E-state index in [4.69, 9.17) is 23.2 Å². The van der Waals surface area contributed by atoms with Crippen molar-refractivity contribution in [1.82, 2.24) is 0 Å². The molecule has 1 saturated carbocycles. The summed E-state index contributed by atoms with van der Waals surface area (Å²) in [6.45, 7) is 0. The molecule has 3 atom stereocenters. The molecule has 0 spiro atoms. The molecule has 0 N–H and O–H groups in total. The summed E-state index contributed by atoms with van der Waals surface area (Å²) in [6.07, 6.45) is 0.435. The minimum atomic E-state index is -3.87. The van der Waals surface area contributed by atoms with Crippen molar-refractivity contribution in [3.8, 4) is 6.07 Å². The van der Waals surface area contributed by atoms with Crippen molar-refractivity contribution in [2.75, 3.05) is 0 Å². The average Bonchev–Trinajstić information content (AvgIpc) is 3.26. The van der Waals surface area contributed by atoms with Crippen LogP contribution in [0, 0.1) is 16.7 Å². The molecule has 3 rings (SSSR count). The van der Waals surface area contributed by atoms with E-state index in [0.717, 1.165) is 0 Å². The number of hydrogen-bond donors (Lipinski definition) is 0. The summed E-state index contributed by atoms with van der Waals surface area (Å²) in [5.74, 6) is -0.724. The van der Waals surface area contributed by atoms with Gasteiger partial charge in [0.1, 0.15) is 17.0 Å². The van der Waals surface area contributed by atoms with Crippen LogP contribution in [-0.4, -0.2) is 20.0 Å². The normalized spacial score (nSPS) is 25.7. The number of carbonyl (C=O) groups excluding carboxylic acids is 1. The van der Waals surface area contributed by atoms with E-state index in [2.05, 4.69) is 0 Å². The molecule has 122 valence electrons. The van der Waals surface area contributed by atoms with Crippen LogP contribution in [0.1, 0.15) is 11.5 Å². The van der Waals surface area contributed by atoms with Crippen LogP contribution < -0.4 is 0 Å². The SMILES string of the molecule is N#C[C@]1(C=O)[C@H](c2ccc(Cl)cc2)[C@@H]1S(=O)(=O)c1ccc(Cl)cc1. The van der Waals surface area contributed by atoms with E-state index in [1.54, 1.807) is 24.3 Å². The molecule has 0 aromatic heterocycles. The number of carbonyl (C=O) groups is 1. The summed E-state index contributed by atoms with van der Waals surface area (Å²) >= 11 is 11.6. The number of benzene rings is 2.